The number of nitrogens with two attached hydrogens (primary N) is 1. The number of H-pyrrole nitrogens is 1. The lowest BCUT2D eigenvalue weighted by Gasteiger charge is -2.28. The molecule has 0 unspecified atom stereocenters. The van der Waals surface area contributed by atoms with Crippen molar-refractivity contribution in [2.75, 3.05) is 13.7 Å². The van der Waals surface area contributed by atoms with Crippen LogP contribution in [0, 0.1) is 0 Å². The number of aromatic nitrogens is 2. The molecule has 0 saturated carbocycles. The molecule has 0 spiro atoms. The fourth-order valence-electron chi connectivity index (χ4n) is 3.15. The van der Waals surface area contributed by atoms with Crippen molar-refractivity contribution in [1.82, 2.24) is 14.9 Å². The number of carbonyl (C=O) groups is 1. The van der Waals surface area contributed by atoms with Crippen LogP contribution in [0.25, 0.3) is 11.4 Å². The van der Waals surface area contributed by atoms with Crippen LogP contribution in [-0.2, 0) is 17.8 Å². The molecule has 0 saturated heterocycles. The highest BCUT2D eigenvalue weighted by Crippen LogP contribution is 2.24. The second-order valence-corrected chi connectivity index (χ2v) is 6.50. The van der Waals surface area contributed by atoms with Gasteiger partial charge >= 0.3 is 0 Å². The molecule has 6 heteroatoms. The van der Waals surface area contributed by atoms with E-state index in [1.165, 1.54) is 0 Å². The van der Waals surface area contributed by atoms with Crippen molar-refractivity contribution in [3.05, 3.63) is 35.7 Å². The first-order valence-corrected chi connectivity index (χ1v) is 8.89. The molecule has 6 nitrogen and oxygen atoms in total. The van der Waals surface area contributed by atoms with E-state index in [9.17, 15) is 4.79 Å². The summed E-state index contributed by atoms with van der Waals surface area (Å²) in [6.45, 7) is 3.34. The zero-order valence-electron chi connectivity index (χ0n) is 14.9. The SMILES string of the molecule is CCCC[C@H](N)C(=O)N1CCc2nc(-c3ccc(OC)cc3)[nH]c2C1. The molecule has 2 aromatic rings. The number of imidazole rings is 1. The summed E-state index contributed by atoms with van der Waals surface area (Å²) in [6, 6.07) is 7.39. The zero-order valence-corrected chi connectivity index (χ0v) is 14.9. The standard InChI is InChI=1S/C19H26N4O2/c1-3-4-5-15(20)19(24)23-11-10-16-17(12-23)22-18(21-16)13-6-8-14(25-2)9-7-13/h6-9,15H,3-5,10-12,20H2,1-2H3,(H,21,22)/t15-/m0/s1. The van der Waals surface area contributed by atoms with Crippen molar-refractivity contribution in [2.45, 2.75) is 45.2 Å². The van der Waals surface area contributed by atoms with Crippen LogP contribution in [0.15, 0.2) is 24.3 Å². The Balaban J connectivity index is 1.71. The second kappa shape index (κ2) is 7.70. The average molecular weight is 342 g/mol. The van der Waals surface area contributed by atoms with Gasteiger partial charge in [-0.3, -0.25) is 4.79 Å². The van der Waals surface area contributed by atoms with Crippen molar-refractivity contribution in [2.24, 2.45) is 5.73 Å². The summed E-state index contributed by atoms with van der Waals surface area (Å²) < 4.78 is 5.19. The predicted molar refractivity (Wildman–Crippen MR) is 97.2 cm³/mol. The number of fused-ring (bicyclic) bond motifs is 1. The number of nitrogens with zero attached hydrogens (tertiary/aromatic N) is 2. The first-order valence-electron chi connectivity index (χ1n) is 8.89. The summed E-state index contributed by atoms with van der Waals surface area (Å²) in [6.07, 6.45) is 3.54. The molecule has 0 fully saturated rings. The Bertz CT molecular complexity index is 724. The van der Waals surface area contributed by atoms with E-state index in [1.54, 1.807) is 7.11 Å². The fraction of sp³-hybridized carbons (Fsp3) is 0.474. The minimum Gasteiger partial charge on any atom is -0.497 e. The number of aromatic amines is 1. The van der Waals surface area contributed by atoms with Gasteiger partial charge in [-0.1, -0.05) is 19.8 Å². The average Bonchev–Trinajstić information content (AvgIpc) is 3.08. The fourth-order valence-corrected chi connectivity index (χ4v) is 3.15. The molecule has 0 radical (unpaired) electrons. The smallest absolute Gasteiger partial charge is 0.239 e. The molecule has 3 rings (SSSR count). The molecular weight excluding hydrogens is 316 g/mol. The van der Waals surface area contributed by atoms with Crippen molar-refractivity contribution in [1.29, 1.82) is 0 Å². The van der Waals surface area contributed by atoms with Gasteiger partial charge in [0, 0.05) is 18.5 Å². The van der Waals surface area contributed by atoms with Gasteiger partial charge in [0.15, 0.2) is 0 Å². The highest BCUT2D eigenvalue weighted by Gasteiger charge is 2.27. The highest BCUT2D eigenvalue weighted by molar-refractivity contribution is 5.81. The van der Waals surface area contributed by atoms with Gasteiger partial charge < -0.3 is 20.4 Å². The summed E-state index contributed by atoms with van der Waals surface area (Å²) >= 11 is 0. The molecule has 1 aromatic heterocycles. The maximum atomic E-state index is 12.5. The van der Waals surface area contributed by atoms with Crippen LogP contribution in [0.4, 0.5) is 0 Å². The quantitative estimate of drug-likeness (QED) is 0.845. The largest absolute Gasteiger partial charge is 0.497 e. The van der Waals surface area contributed by atoms with Crippen LogP contribution in [0.5, 0.6) is 5.75 Å². The van der Waals surface area contributed by atoms with Crippen LogP contribution in [0.3, 0.4) is 0 Å². The van der Waals surface area contributed by atoms with E-state index in [1.807, 2.05) is 29.2 Å². The summed E-state index contributed by atoms with van der Waals surface area (Å²) in [7, 11) is 1.65. The van der Waals surface area contributed by atoms with Crippen LogP contribution in [0.2, 0.25) is 0 Å². The number of methoxy groups -OCH3 is 1. The normalized spacial score (nSPS) is 14.9. The van der Waals surface area contributed by atoms with E-state index >= 15 is 0 Å². The molecule has 134 valence electrons. The number of unbranched alkanes of at least 4 members (excludes halogenated alkanes) is 1. The number of hydrogen-bond donors (Lipinski definition) is 2. The van der Waals surface area contributed by atoms with Gasteiger partial charge in [-0.15, -0.1) is 0 Å². The van der Waals surface area contributed by atoms with Crippen LogP contribution in [0.1, 0.15) is 37.6 Å². The number of rotatable bonds is 6. The topological polar surface area (TPSA) is 84.2 Å². The molecular formula is C19H26N4O2. The summed E-state index contributed by atoms with van der Waals surface area (Å²) in [5.41, 5.74) is 9.10. The first kappa shape index (κ1) is 17.5. The van der Waals surface area contributed by atoms with E-state index in [0.29, 0.717) is 13.1 Å². The number of amides is 1. The molecule has 0 bridgehead atoms. The lowest BCUT2D eigenvalue weighted by Crippen LogP contribution is -2.45. The zero-order chi connectivity index (χ0) is 17.8. The molecule has 1 amide bonds. The third-order valence-corrected chi connectivity index (χ3v) is 4.69. The van der Waals surface area contributed by atoms with E-state index in [-0.39, 0.29) is 5.91 Å². The minimum absolute atomic E-state index is 0.0414. The van der Waals surface area contributed by atoms with Gasteiger partial charge in [-0.25, -0.2) is 4.98 Å². The van der Waals surface area contributed by atoms with E-state index in [2.05, 4.69) is 11.9 Å². The van der Waals surface area contributed by atoms with Gasteiger partial charge in [0.25, 0.3) is 0 Å². The Labute approximate surface area is 148 Å². The van der Waals surface area contributed by atoms with Gasteiger partial charge in [0.1, 0.15) is 11.6 Å². The van der Waals surface area contributed by atoms with Crippen molar-refractivity contribution in [3.63, 3.8) is 0 Å². The molecule has 2 heterocycles. The Kier molecular flexibility index (Phi) is 5.38. The van der Waals surface area contributed by atoms with E-state index < -0.39 is 6.04 Å². The Morgan fingerprint density at radius 1 is 1.40 bits per heavy atom. The third-order valence-electron chi connectivity index (χ3n) is 4.69. The molecule has 1 atom stereocenters. The van der Waals surface area contributed by atoms with Crippen LogP contribution >= 0.6 is 0 Å². The third kappa shape index (κ3) is 3.85. The number of nitrogens with one attached hydrogen (secondary N) is 1. The maximum Gasteiger partial charge on any atom is 0.239 e. The molecule has 1 aromatic carbocycles. The van der Waals surface area contributed by atoms with Crippen LogP contribution in [-0.4, -0.2) is 40.5 Å². The number of ether oxygens (including phenoxy) is 1. The lowest BCUT2D eigenvalue weighted by molar-refractivity contribution is -0.133. The van der Waals surface area contributed by atoms with Crippen molar-refractivity contribution in [3.8, 4) is 17.1 Å². The van der Waals surface area contributed by atoms with Crippen LogP contribution < -0.4 is 10.5 Å². The number of benzene rings is 1. The van der Waals surface area contributed by atoms with Gasteiger partial charge in [-0.2, -0.15) is 0 Å². The van der Waals surface area contributed by atoms with E-state index in [0.717, 1.165) is 54.2 Å². The van der Waals surface area contributed by atoms with Gasteiger partial charge in [0.2, 0.25) is 5.91 Å². The summed E-state index contributed by atoms with van der Waals surface area (Å²) in [4.78, 5) is 22.4. The monoisotopic (exact) mass is 342 g/mol. The number of hydrogen-bond acceptors (Lipinski definition) is 4. The minimum atomic E-state index is -0.398. The van der Waals surface area contributed by atoms with Gasteiger partial charge in [0.05, 0.1) is 31.1 Å². The number of carbonyl (C=O) groups excluding carboxylic acids is 1. The lowest BCUT2D eigenvalue weighted by atomic mass is 10.1. The first-order chi connectivity index (χ1) is 12.1. The molecule has 1 aliphatic heterocycles. The molecule has 1 aliphatic rings. The Morgan fingerprint density at radius 2 is 2.16 bits per heavy atom. The maximum absolute atomic E-state index is 12.5. The van der Waals surface area contributed by atoms with Crippen molar-refractivity contribution < 1.29 is 9.53 Å². The summed E-state index contributed by atoms with van der Waals surface area (Å²) in [5, 5.41) is 0. The van der Waals surface area contributed by atoms with Gasteiger partial charge in [-0.05, 0) is 30.7 Å². The highest BCUT2D eigenvalue weighted by atomic mass is 16.5. The Hall–Kier alpha value is -2.34. The molecule has 0 aliphatic carbocycles. The molecule has 25 heavy (non-hydrogen) atoms. The van der Waals surface area contributed by atoms with E-state index in [4.69, 9.17) is 15.5 Å². The molecule has 3 N–H and O–H groups in total. The Morgan fingerprint density at radius 3 is 2.84 bits per heavy atom. The summed E-state index contributed by atoms with van der Waals surface area (Å²) in [5.74, 6) is 1.69. The van der Waals surface area contributed by atoms with Crippen molar-refractivity contribution >= 4 is 5.91 Å². The predicted octanol–water partition coefficient (Wildman–Crippen LogP) is 2.49. The second-order valence-electron chi connectivity index (χ2n) is 6.50.